The Morgan fingerprint density at radius 2 is 0.984 bits per heavy atom. The van der Waals surface area contributed by atoms with Crippen LogP contribution < -0.4 is 32.7 Å². The Morgan fingerprint density at radius 1 is 0.547 bits per heavy atom. The molecule has 0 aliphatic carbocycles. The molecule has 21 nitrogen and oxygen atoms in total. The molecular formula is C43H83N7O14. The number of amides is 5. The number of carboxylic acids is 3. The summed E-state index contributed by atoms with van der Waals surface area (Å²) >= 11 is 0. The molecule has 14 N–H and O–H groups in total. The Bertz CT molecular complexity index is 1320. The summed E-state index contributed by atoms with van der Waals surface area (Å²) in [5, 5.41) is 64.3. The maximum Gasteiger partial charge on any atom is 0.328 e. The van der Waals surface area contributed by atoms with E-state index in [2.05, 4.69) is 28.2 Å². The highest BCUT2D eigenvalue weighted by Crippen LogP contribution is 2.14. The van der Waals surface area contributed by atoms with Gasteiger partial charge in [0, 0.05) is 27.3 Å². The Labute approximate surface area is 379 Å². The number of aliphatic hydroxyl groups is 3. The summed E-state index contributed by atoms with van der Waals surface area (Å²) in [6.45, 7) is 6.46. The summed E-state index contributed by atoms with van der Waals surface area (Å²) in [6, 6.07) is -7.22. The SMILES string of the molecule is CC(=O)O.CC(=O)O.CCCCCCCCCCCCCCCC(=O)N[C@@H](CCCCN)C(=O)N[C@H](C(=O)N[C@H](C(=O)N(C)[C@@H](CCCN)C(=O)N[C@@H](CO)C(=O)O)[C@@H](C)O)[C@@H](C)O. The molecule has 0 spiro atoms. The lowest BCUT2D eigenvalue weighted by Gasteiger charge is -2.33. The second-order valence-corrected chi connectivity index (χ2v) is 15.9. The van der Waals surface area contributed by atoms with Crippen LogP contribution in [0, 0.1) is 0 Å². The molecule has 374 valence electrons. The molecule has 0 bridgehead atoms. The summed E-state index contributed by atoms with van der Waals surface area (Å²) in [5.74, 6) is -7.06. The summed E-state index contributed by atoms with van der Waals surface area (Å²) in [5.41, 5.74) is 11.2. The minimum atomic E-state index is -1.66. The smallest absolute Gasteiger partial charge is 0.328 e. The van der Waals surface area contributed by atoms with Crippen molar-refractivity contribution in [3.8, 4) is 0 Å². The van der Waals surface area contributed by atoms with Crippen molar-refractivity contribution in [3.05, 3.63) is 0 Å². The number of hydrogen-bond acceptors (Lipinski definition) is 13. The Morgan fingerprint density at radius 3 is 1.39 bits per heavy atom. The third kappa shape index (κ3) is 34.0. The van der Waals surface area contributed by atoms with Crippen molar-refractivity contribution in [2.75, 3.05) is 26.7 Å². The average Bonchev–Trinajstić information content (AvgIpc) is 3.21. The fourth-order valence-electron chi connectivity index (χ4n) is 6.26. The molecule has 0 fully saturated rings. The zero-order chi connectivity index (χ0) is 49.6. The maximum absolute atomic E-state index is 13.6. The molecule has 5 amide bonds. The molecule has 0 unspecified atom stereocenters. The van der Waals surface area contributed by atoms with Gasteiger partial charge in [0.1, 0.15) is 30.2 Å². The number of nitrogens with one attached hydrogen (secondary N) is 4. The normalized spacial score (nSPS) is 13.9. The highest BCUT2D eigenvalue weighted by atomic mass is 16.4. The van der Waals surface area contributed by atoms with Crippen LogP contribution >= 0.6 is 0 Å². The molecule has 0 radical (unpaired) electrons. The van der Waals surface area contributed by atoms with Gasteiger partial charge in [0.15, 0.2) is 0 Å². The number of carbonyl (C=O) groups is 8. The van der Waals surface area contributed by atoms with Gasteiger partial charge in [-0.1, -0.05) is 84.0 Å². The second-order valence-electron chi connectivity index (χ2n) is 15.9. The number of nitrogens with two attached hydrogens (primary N) is 2. The minimum Gasteiger partial charge on any atom is -0.481 e. The third-order valence-electron chi connectivity index (χ3n) is 9.81. The van der Waals surface area contributed by atoms with Crippen LogP contribution in [0.15, 0.2) is 0 Å². The molecule has 64 heavy (non-hydrogen) atoms. The lowest BCUT2D eigenvalue weighted by atomic mass is 10.0. The van der Waals surface area contributed by atoms with Gasteiger partial charge in [-0.25, -0.2) is 4.79 Å². The van der Waals surface area contributed by atoms with E-state index in [1.54, 1.807) is 0 Å². The van der Waals surface area contributed by atoms with Crippen LogP contribution in [0.1, 0.15) is 157 Å². The first-order chi connectivity index (χ1) is 30.1. The van der Waals surface area contributed by atoms with Gasteiger partial charge in [-0.15, -0.1) is 0 Å². The Hall–Kier alpha value is -4.44. The van der Waals surface area contributed by atoms with E-state index in [9.17, 15) is 49.2 Å². The van der Waals surface area contributed by atoms with Gasteiger partial charge in [-0.3, -0.25) is 33.6 Å². The lowest BCUT2D eigenvalue weighted by Crippen LogP contribution is -2.63. The van der Waals surface area contributed by atoms with E-state index in [-0.39, 0.29) is 38.1 Å². The number of unbranched alkanes of at least 4 members (excludes halogenated alkanes) is 13. The molecule has 0 aromatic rings. The van der Waals surface area contributed by atoms with Crippen molar-refractivity contribution in [2.45, 2.75) is 199 Å². The first-order valence-electron chi connectivity index (χ1n) is 22.6. The van der Waals surface area contributed by atoms with Crippen molar-refractivity contribution in [1.82, 2.24) is 26.2 Å². The fourth-order valence-corrected chi connectivity index (χ4v) is 6.26. The number of nitrogens with zero attached hydrogens (tertiary/aromatic N) is 1. The molecule has 0 rings (SSSR count). The predicted molar refractivity (Wildman–Crippen MR) is 240 cm³/mol. The van der Waals surface area contributed by atoms with E-state index in [4.69, 9.17) is 31.3 Å². The van der Waals surface area contributed by atoms with E-state index >= 15 is 0 Å². The number of aliphatic hydroxyl groups excluding tert-OH is 3. The molecule has 0 saturated heterocycles. The van der Waals surface area contributed by atoms with Crippen LogP contribution in [0.3, 0.4) is 0 Å². The second kappa shape index (κ2) is 40.1. The van der Waals surface area contributed by atoms with Crippen LogP contribution in [-0.4, -0.2) is 152 Å². The lowest BCUT2D eigenvalue weighted by molar-refractivity contribution is -0.147. The molecule has 21 heteroatoms. The number of likely N-dealkylation sites (N-methyl/N-ethyl adjacent to an activating group) is 1. The van der Waals surface area contributed by atoms with Crippen LogP contribution in [0.5, 0.6) is 0 Å². The Kier molecular flexibility index (Phi) is 40.0. The van der Waals surface area contributed by atoms with Crippen molar-refractivity contribution < 1.29 is 69.0 Å². The van der Waals surface area contributed by atoms with Crippen molar-refractivity contribution >= 4 is 47.4 Å². The van der Waals surface area contributed by atoms with Gasteiger partial charge in [0.05, 0.1) is 18.8 Å². The molecule has 0 heterocycles. The summed E-state index contributed by atoms with van der Waals surface area (Å²) in [7, 11) is 1.22. The minimum absolute atomic E-state index is 0.00814. The standard InChI is InChI=1S/C39H75N7O10.2C2H4O2/c1-5-6-7-8-9-10-11-12-13-14-15-16-17-23-32(50)42-29(21-18-19-24-40)35(51)44-33(27(2)48)37(53)45-34(28(3)49)38(54)46(4)31(22-20-25-41)36(52)43-30(26-47)39(55)56;2*1-2(3)4/h27-31,33-34,47-49H,5-26,40-41H2,1-4H3,(H,42,50)(H,43,52)(H,44,51)(H,45,53)(H,55,56);2*1H3,(H,3,4)/t27-,28-,29+,30+,31+,33+,34+;;/m1../s1. The molecule has 7 atom stereocenters. The largest absolute Gasteiger partial charge is 0.481 e. The quantitative estimate of drug-likeness (QED) is 0.0402. The number of hydrogen-bond donors (Lipinski definition) is 12. The van der Waals surface area contributed by atoms with Gasteiger partial charge in [0.25, 0.3) is 11.9 Å². The van der Waals surface area contributed by atoms with Gasteiger partial charge in [-0.05, 0) is 65.5 Å². The van der Waals surface area contributed by atoms with Crippen molar-refractivity contribution in [3.63, 3.8) is 0 Å². The van der Waals surface area contributed by atoms with Crippen molar-refractivity contribution in [2.24, 2.45) is 11.5 Å². The molecule has 0 aliphatic rings. The summed E-state index contributed by atoms with van der Waals surface area (Å²) in [6.07, 6.45) is 14.0. The van der Waals surface area contributed by atoms with Crippen LogP contribution in [-0.2, 0) is 38.4 Å². The molecule has 0 saturated carbocycles. The number of carboxylic acid groups (broad SMARTS) is 3. The highest BCUT2D eigenvalue weighted by molar-refractivity contribution is 5.96. The van der Waals surface area contributed by atoms with E-state index in [1.165, 1.54) is 78.7 Å². The Balaban J connectivity index is -0.00000425. The monoisotopic (exact) mass is 922 g/mol. The van der Waals surface area contributed by atoms with Crippen LogP contribution in [0.2, 0.25) is 0 Å². The van der Waals surface area contributed by atoms with Gasteiger partial charge < -0.3 is 68.3 Å². The predicted octanol–water partition coefficient (Wildman–Crippen LogP) is 1.12. The van der Waals surface area contributed by atoms with E-state index < -0.39 is 90.6 Å². The van der Waals surface area contributed by atoms with Gasteiger partial charge in [0.2, 0.25) is 29.5 Å². The van der Waals surface area contributed by atoms with Gasteiger partial charge in [-0.2, -0.15) is 0 Å². The average molecular weight is 922 g/mol. The first kappa shape index (κ1) is 63.8. The first-order valence-corrected chi connectivity index (χ1v) is 22.6. The van der Waals surface area contributed by atoms with Gasteiger partial charge >= 0.3 is 5.97 Å². The molecule has 0 aromatic heterocycles. The summed E-state index contributed by atoms with van der Waals surface area (Å²) < 4.78 is 0. The third-order valence-corrected chi connectivity index (χ3v) is 9.81. The van der Waals surface area contributed by atoms with Crippen LogP contribution in [0.25, 0.3) is 0 Å². The number of carbonyl (C=O) groups excluding carboxylic acids is 5. The van der Waals surface area contributed by atoms with Crippen molar-refractivity contribution in [1.29, 1.82) is 0 Å². The number of rotatable bonds is 34. The molecule has 0 aromatic carbocycles. The zero-order valence-electron chi connectivity index (χ0n) is 39.1. The zero-order valence-corrected chi connectivity index (χ0v) is 39.1. The van der Waals surface area contributed by atoms with E-state index in [0.717, 1.165) is 38.0 Å². The maximum atomic E-state index is 13.6. The fraction of sp³-hybridized carbons (Fsp3) is 0.814. The topological polar surface area (TPSA) is 361 Å². The van der Waals surface area contributed by atoms with E-state index in [1.807, 2.05) is 0 Å². The number of aliphatic carboxylic acids is 3. The molecule has 0 aliphatic heterocycles. The highest BCUT2D eigenvalue weighted by Gasteiger charge is 2.38. The molecular weight excluding hydrogens is 839 g/mol. The van der Waals surface area contributed by atoms with E-state index in [0.29, 0.717) is 25.8 Å². The summed E-state index contributed by atoms with van der Waals surface area (Å²) in [4.78, 5) is 96.8. The van der Waals surface area contributed by atoms with Crippen LogP contribution in [0.4, 0.5) is 0 Å².